The second-order valence-corrected chi connectivity index (χ2v) is 5.82. The Balaban J connectivity index is 1.49. The fraction of sp³-hybridized carbons (Fsp3) is 0.929. The third-order valence-corrected chi connectivity index (χ3v) is 4.16. The van der Waals surface area contributed by atoms with Gasteiger partial charge in [-0.2, -0.15) is 0 Å². The minimum Gasteiger partial charge on any atom is -0.463 e. The summed E-state index contributed by atoms with van der Waals surface area (Å²) >= 11 is 0. The number of carbonyl (C=O) groups excluding carboxylic acids is 1. The smallest absolute Gasteiger partial charge is 0.309 e. The SMILES string of the molecule is O=C(OCC1CO1)C1CCCCC1[C@@H](O)OCC1CO1. The average Bonchev–Trinajstić information content (AvgIpc) is 3.36. The molecule has 0 amide bonds. The molecule has 5 atom stereocenters. The van der Waals surface area contributed by atoms with Crippen LogP contribution in [-0.4, -0.2) is 56.0 Å². The number of hydrogen-bond acceptors (Lipinski definition) is 6. The van der Waals surface area contributed by atoms with Crippen LogP contribution >= 0.6 is 0 Å². The fourth-order valence-electron chi connectivity index (χ4n) is 2.73. The summed E-state index contributed by atoms with van der Waals surface area (Å²) in [5.74, 6) is -0.664. The van der Waals surface area contributed by atoms with Crippen molar-refractivity contribution in [2.45, 2.75) is 44.2 Å². The maximum absolute atomic E-state index is 12.1. The lowest BCUT2D eigenvalue weighted by Gasteiger charge is -2.32. The van der Waals surface area contributed by atoms with Crippen LogP contribution in [-0.2, 0) is 23.7 Å². The maximum Gasteiger partial charge on any atom is 0.309 e. The van der Waals surface area contributed by atoms with Gasteiger partial charge >= 0.3 is 5.97 Å². The Bertz CT molecular complexity index is 339. The highest BCUT2D eigenvalue weighted by molar-refractivity contribution is 5.73. The molecule has 2 heterocycles. The summed E-state index contributed by atoms with van der Waals surface area (Å²) in [6.45, 7) is 2.10. The van der Waals surface area contributed by atoms with Gasteiger partial charge in [0.05, 0.1) is 25.7 Å². The Morgan fingerprint density at radius 3 is 2.50 bits per heavy atom. The van der Waals surface area contributed by atoms with Crippen molar-refractivity contribution >= 4 is 5.97 Å². The van der Waals surface area contributed by atoms with Crippen molar-refractivity contribution in [2.24, 2.45) is 11.8 Å². The van der Waals surface area contributed by atoms with Crippen LogP contribution in [0.5, 0.6) is 0 Å². The van der Waals surface area contributed by atoms with Crippen molar-refractivity contribution in [1.82, 2.24) is 0 Å². The molecule has 0 spiro atoms. The normalized spacial score (nSPS) is 37.2. The Labute approximate surface area is 118 Å². The second kappa shape index (κ2) is 6.39. The molecule has 114 valence electrons. The lowest BCUT2D eigenvalue weighted by Crippen LogP contribution is -2.38. The topological polar surface area (TPSA) is 80.8 Å². The first-order valence-corrected chi connectivity index (χ1v) is 7.43. The quantitative estimate of drug-likeness (QED) is 0.416. The number of hydrogen-bond donors (Lipinski definition) is 1. The van der Waals surface area contributed by atoms with Crippen LogP contribution in [0.2, 0.25) is 0 Å². The van der Waals surface area contributed by atoms with E-state index in [0.29, 0.717) is 26.4 Å². The molecule has 0 aromatic rings. The zero-order valence-electron chi connectivity index (χ0n) is 11.5. The predicted octanol–water partition coefficient (Wildman–Crippen LogP) is 0.469. The first-order valence-electron chi connectivity index (χ1n) is 7.43. The van der Waals surface area contributed by atoms with E-state index in [-0.39, 0.29) is 30.0 Å². The van der Waals surface area contributed by atoms with Gasteiger partial charge in [0.25, 0.3) is 0 Å². The van der Waals surface area contributed by atoms with Crippen LogP contribution in [0.3, 0.4) is 0 Å². The van der Waals surface area contributed by atoms with E-state index in [1.54, 1.807) is 0 Å². The van der Waals surface area contributed by atoms with Crippen LogP contribution < -0.4 is 0 Å². The Hall–Kier alpha value is -0.690. The van der Waals surface area contributed by atoms with Gasteiger partial charge in [-0.25, -0.2) is 0 Å². The zero-order valence-corrected chi connectivity index (χ0v) is 11.5. The second-order valence-electron chi connectivity index (χ2n) is 5.82. The van der Waals surface area contributed by atoms with Crippen molar-refractivity contribution in [2.75, 3.05) is 26.4 Å². The summed E-state index contributed by atoms with van der Waals surface area (Å²) in [5, 5.41) is 10.1. The molecule has 2 aliphatic heterocycles. The van der Waals surface area contributed by atoms with Gasteiger partial charge in [0.15, 0.2) is 6.29 Å². The molecule has 1 N–H and O–H groups in total. The van der Waals surface area contributed by atoms with E-state index in [9.17, 15) is 9.90 Å². The molecule has 0 aromatic heterocycles. The number of rotatable bonds is 7. The van der Waals surface area contributed by atoms with Gasteiger partial charge in [0.1, 0.15) is 18.8 Å². The third kappa shape index (κ3) is 3.91. The molecule has 1 saturated carbocycles. The summed E-state index contributed by atoms with van der Waals surface area (Å²) < 4.78 is 20.8. The Kier molecular flexibility index (Phi) is 4.55. The standard InChI is InChI=1S/C14H22O6/c15-13(19-7-9-5-17-9)11-3-1-2-4-12(11)14(16)20-8-10-6-18-10/h9-13,15H,1-8H2/t9?,10?,11?,12?,13-/m0/s1. The molecule has 0 aromatic carbocycles. The highest BCUT2D eigenvalue weighted by atomic mass is 16.6. The summed E-state index contributed by atoms with van der Waals surface area (Å²) in [4.78, 5) is 12.1. The lowest BCUT2D eigenvalue weighted by molar-refractivity contribution is -0.176. The molecule has 6 heteroatoms. The van der Waals surface area contributed by atoms with Gasteiger partial charge in [-0.15, -0.1) is 0 Å². The van der Waals surface area contributed by atoms with Crippen molar-refractivity contribution in [3.05, 3.63) is 0 Å². The number of ether oxygens (including phenoxy) is 4. The monoisotopic (exact) mass is 286 g/mol. The summed E-state index contributed by atoms with van der Waals surface area (Å²) in [6, 6.07) is 0. The van der Waals surface area contributed by atoms with Gasteiger partial charge in [-0.1, -0.05) is 12.8 Å². The Morgan fingerprint density at radius 2 is 1.80 bits per heavy atom. The largest absolute Gasteiger partial charge is 0.463 e. The van der Waals surface area contributed by atoms with Gasteiger partial charge in [0.2, 0.25) is 0 Å². The van der Waals surface area contributed by atoms with E-state index in [1.807, 2.05) is 0 Å². The number of aliphatic hydroxyl groups is 1. The molecule has 4 unspecified atom stereocenters. The number of carbonyl (C=O) groups is 1. The molecule has 3 rings (SSSR count). The minimum atomic E-state index is -0.908. The predicted molar refractivity (Wildman–Crippen MR) is 67.8 cm³/mol. The van der Waals surface area contributed by atoms with E-state index >= 15 is 0 Å². The van der Waals surface area contributed by atoms with Crippen molar-refractivity contribution in [1.29, 1.82) is 0 Å². The number of esters is 1. The third-order valence-electron chi connectivity index (χ3n) is 4.16. The van der Waals surface area contributed by atoms with Crippen molar-refractivity contribution in [3.63, 3.8) is 0 Å². The molecule has 3 aliphatic rings. The van der Waals surface area contributed by atoms with Crippen molar-refractivity contribution in [3.8, 4) is 0 Å². The maximum atomic E-state index is 12.1. The summed E-state index contributed by atoms with van der Waals surface area (Å²) in [5.41, 5.74) is 0. The van der Waals surface area contributed by atoms with Crippen LogP contribution in [0.4, 0.5) is 0 Å². The van der Waals surface area contributed by atoms with Crippen LogP contribution in [0.15, 0.2) is 0 Å². The molecule has 6 nitrogen and oxygen atoms in total. The molecular formula is C14H22O6. The highest BCUT2D eigenvalue weighted by Gasteiger charge is 2.38. The molecule has 3 fully saturated rings. The lowest BCUT2D eigenvalue weighted by atomic mass is 9.79. The molecule has 20 heavy (non-hydrogen) atoms. The van der Waals surface area contributed by atoms with Crippen LogP contribution in [0.1, 0.15) is 25.7 Å². The first kappa shape index (κ1) is 14.3. The van der Waals surface area contributed by atoms with Gasteiger partial charge < -0.3 is 24.1 Å². The molecule has 2 saturated heterocycles. The van der Waals surface area contributed by atoms with Gasteiger partial charge in [-0.05, 0) is 12.8 Å². The number of aliphatic hydroxyl groups excluding tert-OH is 1. The van der Waals surface area contributed by atoms with Crippen LogP contribution in [0, 0.1) is 11.8 Å². The number of epoxide rings is 2. The average molecular weight is 286 g/mol. The van der Waals surface area contributed by atoms with E-state index < -0.39 is 6.29 Å². The molecule has 1 aliphatic carbocycles. The fourth-order valence-corrected chi connectivity index (χ4v) is 2.73. The highest BCUT2D eigenvalue weighted by Crippen LogP contribution is 2.34. The Morgan fingerprint density at radius 1 is 1.15 bits per heavy atom. The molecular weight excluding hydrogens is 264 g/mol. The summed E-state index contributed by atoms with van der Waals surface area (Å²) in [7, 11) is 0. The van der Waals surface area contributed by atoms with Crippen LogP contribution in [0.25, 0.3) is 0 Å². The first-order chi connectivity index (χ1) is 9.74. The van der Waals surface area contributed by atoms with Crippen molar-refractivity contribution < 1.29 is 28.8 Å². The summed E-state index contributed by atoms with van der Waals surface area (Å²) in [6.07, 6.45) is 2.85. The zero-order chi connectivity index (χ0) is 13.9. The van der Waals surface area contributed by atoms with E-state index in [2.05, 4.69) is 0 Å². The van der Waals surface area contributed by atoms with Gasteiger partial charge in [0, 0.05) is 5.92 Å². The van der Waals surface area contributed by atoms with E-state index in [1.165, 1.54) is 0 Å². The minimum absolute atomic E-state index is 0.0779. The molecule has 0 bridgehead atoms. The van der Waals surface area contributed by atoms with E-state index in [4.69, 9.17) is 18.9 Å². The van der Waals surface area contributed by atoms with E-state index in [0.717, 1.165) is 25.7 Å². The molecule has 0 radical (unpaired) electrons. The van der Waals surface area contributed by atoms with Gasteiger partial charge in [-0.3, -0.25) is 4.79 Å².